The molecule has 21 heavy (non-hydrogen) atoms. The van der Waals surface area contributed by atoms with Crippen LogP contribution >= 0.6 is 39.1 Å². The zero-order valence-electron chi connectivity index (χ0n) is 11.0. The van der Waals surface area contributed by atoms with E-state index in [1.165, 1.54) is 0 Å². The lowest BCUT2D eigenvalue weighted by atomic mass is 10.3. The molecule has 1 aromatic carbocycles. The van der Waals surface area contributed by atoms with Crippen LogP contribution < -0.4 is 4.74 Å². The third-order valence-corrected chi connectivity index (χ3v) is 4.14. The van der Waals surface area contributed by atoms with Gasteiger partial charge in [0.15, 0.2) is 5.65 Å². The summed E-state index contributed by atoms with van der Waals surface area (Å²) in [6.07, 6.45) is 0. The number of benzene rings is 1. The molecule has 3 aromatic rings. The first kappa shape index (κ1) is 14.6. The monoisotopic (exact) mass is 385 g/mol. The molecule has 2 heterocycles. The van der Waals surface area contributed by atoms with Crippen molar-refractivity contribution in [1.82, 2.24) is 14.5 Å². The van der Waals surface area contributed by atoms with Crippen molar-refractivity contribution < 1.29 is 4.74 Å². The zero-order valence-corrected chi connectivity index (χ0v) is 14.1. The van der Waals surface area contributed by atoms with E-state index < -0.39 is 0 Å². The molecular weight excluding hydrogens is 377 g/mol. The van der Waals surface area contributed by atoms with Crippen LogP contribution in [0.5, 0.6) is 5.88 Å². The van der Waals surface area contributed by atoms with E-state index in [9.17, 15) is 0 Å². The minimum absolute atomic E-state index is 0.272. The SMILES string of the molecule is COc1ccc2nc(CCl)n(-c3ccc(Cl)cc3Br)c2n1. The zero-order chi connectivity index (χ0) is 15.0. The minimum Gasteiger partial charge on any atom is -0.481 e. The van der Waals surface area contributed by atoms with Crippen molar-refractivity contribution in [1.29, 1.82) is 0 Å². The van der Waals surface area contributed by atoms with Crippen molar-refractivity contribution in [3.8, 4) is 11.6 Å². The Hall–Kier alpha value is -1.30. The molecule has 0 saturated heterocycles. The van der Waals surface area contributed by atoms with Crippen LogP contribution in [0.2, 0.25) is 5.02 Å². The standard InChI is InChI=1S/C14H10BrCl2N3O/c1-21-13-5-3-10-14(19-13)20(12(7-16)18-10)11-4-2-8(17)6-9(11)15/h2-6H,7H2,1H3. The Labute approximate surface area is 139 Å². The van der Waals surface area contributed by atoms with E-state index in [1.54, 1.807) is 13.2 Å². The summed E-state index contributed by atoms with van der Waals surface area (Å²) in [6.45, 7) is 0. The Morgan fingerprint density at radius 3 is 2.71 bits per heavy atom. The molecule has 2 aromatic heterocycles. The number of halogens is 3. The van der Waals surface area contributed by atoms with Crippen LogP contribution in [0, 0.1) is 0 Å². The van der Waals surface area contributed by atoms with Gasteiger partial charge in [-0.05, 0) is 40.2 Å². The number of ether oxygens (including phenoxy) is 1. The van der Waals surface area contributed by atoms with E-state index >= 15 is 0 Å². The fourth-order valence-electron chi connectivity index (χ4n) is 2.11. The number of alkyl halides is 1. The summed E-state index contributed by atoms with van der Waals surface area (Å²) in [4.78, 5) is 8.97. The summed E-state index contributed by atoms with van der Waals surface area (Å²) in [5.41, 5.74) is 2.32. The molecule has 0 aliphatic heterocycles. The van der Waals surface area contributed by atoms with Gasteiger partial charge in [0.1, 0.15) is 11.3 Å². The number of imidazole rings is 1. The van der Waals surface area contributed by atoms with Crippen LogP contribution in [-0.2, 0) is 5.88 Å². The number of methoxy groups -OCH3 is 1. The lowest BCUT2D eigenvalue weighted by Gasteiger charge is -2.10. The third-order valence-electron chi connectivity index (χ3n) is 3.03. The highest BCUT2D eigenvalue weighted by molar-refractivity contribution is 9.10. The average Bonchev–Trinajstić information content (AvgIpc) is 2.84. The first-order chi connectivity index (χ1) is 10.1. The van der Waals surface area contributed by atoms with Gasteiger partial charge in [0, 0.05) is 15.6 Å². The maximum atomic E-state index is 6.03. The van der Waals surface area contributed by atoms with Gasteiger partial charge in [-0.3, -0.25) is 4.57 Å². The summed E-state index contributed by atoms with van der Waals surface area (Å²) < 4.78 is 7.92. The van der Waals surface area contributed by atoms with E-state index in [-0.39, 0.29) is 5.88 Å². The van der Waals surface area contributed by atoms with Gasteiger partial charge in [0.05, 0.1) is 18.7 Å². The normalized spacial score (nSPS) is 11.0. The maximum absolute atomic E-state index is 6.03. The van der Waals surface area contributed by atoms with Gasteiger partial charge in [0.25, 0.3) is 0 Å². The van der Waals surface area contributed by atoms with Crippen LogP contribution in [0.4, 0.5) is 0 Å². The lowest BCUT2D eigenvalue weighted by molar-refractivity contribution is 0.399. The molecule has 0 spiro atoms. The number of rotatable bonds is 3. The summed E-state index contributed by atoms with van der Waals surface area (Å²) in [7, 11) is 1.58. The van der Waals surface area contributed by atoms with Gasteiger partial charge in [-0.25, -0.2) is 4.98 Å². The Bertz CT molecular complexity index is 819. The number of aromatic nitrogens is 3. The van der Waals surface area contributed by atoms with Crippen molar-refractivity contribution in [3.05, 3.63) is 45.7 Å². The predicted octanol–water partition coefficient (Wildman–Crippen LogP) is 4.58. The highest BCUT2D eigenvalue weighted by atomic mass is 79.9. The van der Waals surface area contributed by atoms with Gasteiger partial charge in [-0.2, -0.15) is 4.98 Å². The topological polar surface area (TPSA) is 39.9 Å². The molecule has 4 nitrogen and oxygen atoms in total. The molecule has 0 saturated carbocycles. The number of hydrogen-bond donors (Lipinski definition) is 0. The van der Waals surface area contributed by atoms with E-state index in [0.717, 1.165) is 15.7 Å². The van der Waals surface area contributed by atoms with Gasteiger partial charge >= 0.3 is 0 Å². The Balaban J connectivity index is 2.33. The summed E-state index contributed by atoms with van der Waals surface area (Å²) >= 11 is 15.5. The highest BCUT2D eigenvalue weighted by Gasteiger charge is 2.16. The smallest absolute Gasteiger partial charge is 0.215 e. The summed E-state index contributed by atoms with van der Waals surface area (Å²) in [6, 6.07) is 9.16. The Morgan fingerprint density at radius 2 is 2.05 bits per heavy atom. The molecule has 0 radical (unpaired) electrons. The second kappa shape index (κ2) is 5.83. The molecular formula is C14H10BrCl2N3O. The molecule has 0 aliphatic rings. The highest BCUT2D eigenvalue weighted by Crippen LogP contribution is 2.30. The number of nitrogens with zero attached hydrogens (tertiary/aromatic N) is 3. The fourth-order valence-corrected chi connectivity index (χ4v) is 3.15. The first-order valence-electron chi connectivity index (χ1n) is 6.08. The van der Waals surface area contributed by atoms with E-state index in [2.05, 4.69) is 25.9 Å². The molecule has 0 N–H and O–H groups in total. The molecule has 0 aliphatic carbocycles. The van der Waals surface area contributed by atoms with Gasteiger partial charge in [-0.15, -0.1) is 11.6 Å². The predicted molar refractivity (Wildman–Crippen MR) is 87.7 cm³/mol. The molecule has 0 atom stereocenters. The molecule has 0 fully saturated rings. The molecule has 0 unspecified atom stereocenters. The van der Waals surface area contributed by atoms with Crippen molar-refractivity contribution >= 4 is 50.3 Å². The number of pyridine rings is 1. The van der Waals surface area contributed by atoms with Crippen LogP contribution in [-0.4, -0.2) is 21.6 Å². The summed E-state index contributed by atoms with van der Waals surface area (Å²) in [5.74, 6) is 1.50. The Morgan fingerprint density at radius 1 is 1.24 bits per heavy atom. The van der Waals surface area contributed by atoms with Crippen LogP contribution in [0.3, 0.4) is 0 Å². The van der Waals surface area contributed by atoms with E-state index in [0.29, 0.717) is 22.4 Å². The van der Waals surface area contributed by atoms with Crippen molar-refractivity contribution in [2.24, 2.45) is 0 Å². The van der Waals surface area contributed by atoms with E-state index in [1.807, 2.05) is 28.8 Å². The molecule has 108 valence electrons. The first-order valence-corrected chi connectivity index (χ1v) is 7.78. The van der Waals surface area contributed by atoms with E-state index in [4.69, 9.17) is 27.9 Å². The second-order valence-corrected chi connectivity index (χ2v) is 5.85. The molecule has 7 heteroatoms. The van der Waals surface area contributed by atoms with Gasteiger partial charge in [-0.1, -0.05) is 11.6 Å². The Kier molecular flexibility index (Phi) is 4.06. The average molecular weight is 387 g/mol. The van der Waals surface area contributed by atoms with Crippen LogP contribution in [0.25, 0.3) is 16.9 Å². The fraction of sp³-hybridized carbons (Fsp3) is 0.143. The molecule has 0 amide bonds. The van der Waals surface area contributed by atoms with Crippen molar-refractivity contribution in [3.63, 3.8) is 0 Å². The minimum atomic E-state index is 0.272. The number of fused-ring (bicyclic) bond motifs is 1. The molecule has 3 rings (SSSR count). The van der Waals surface area contributed by atoms with Crippen molar-refractivity contribution in [2.45, 2.75) is 5.88 Å². The second-order valence-electron chi connectivity index (χ2n) is 4.29. The largest absolute Gasteiger partial charge is 0.481 e. The van der Waals surface area contributed by atoms with Crippen molar-refractivity contribution in [2.75, 3.05) is 7.11 Å². The number of hydrogen-bond acceptors (Lipinski definition) is 3. The van der Waals surface area contributed by atoms with Gasteiger partial charge in [0.2, 0.25) is 5.88 Å². The molecule has 0 bridgehead atoms. The van der Waals surface area contributed by atoms with Crippen LogP contribution in [0.15, 0.2) is 34.8 Å². The quantitative estimate of drug-likeness (QED) is 0.618. The third kappa shape index (κ3) is 2.61. The van der Waals surface area contributed by atoms with Gasteiger partial charge < -0.3 is 4.74 Å². The maximum Gasteiger partial charge on any atom is 0.215 e. The lowest BCUT2D eigenvalue weighted by Crippen LogP contribution is -2.01. The summed E-state index contributed by atoms with van der Waals surface area (Å²) in [5, 5.41) is 0.646. The van der Waals surface area contributed by atoms with Crippen LogP contribution in [0.1, 0.15) is 5.82 Å².